The van der Waals surface area contributed by atoms with E-state index in [1.54, 1.807) is 0 Å². The van der Waals surface area contributed by atoms with E-state index in [-0.39, 0.29) is 5.75 Å². The molecule has 0 fully saturated rings. The summed E-state index contributed by atoms with van der Waals surface area (Å²) in [5.41, 5.74) is 0.558. The summed E-state index contributed by atoms with van der Waals surface area (Å²) in [7, 11) is 0. The van der Waals surface area contributed by atoms with Gasteiger partial charge in [-0.25, -0.2) is 4.98 Å². The summed E-state index contributed by atoms with van der Waals surface area (Å²) in [5.74, 6) is 0.314. The minimum Gasteiger partial charge on any atom is -0.444 e. The lowest BCUT2D eigenvalue weighted by Gasteiger charge is -2.13. The Balaban J connectivity index is 1.85. The minimum atomic E-state index is -4.57. The molecule has 0 saturated heterocycles. The van der Waals surface area contributed by atoms with Crippen LogP contribution >= 0.6 is 23.1 Å². The molecule has 2 aromatic heterocycles. The Bertz CT molecular complexity index is 510. The molecule has 3 nitrogen and oxygen atoms in total. The van der Waals surface area contributed by atoms with Gasteiger partial charge in [0.05, 0.1) is 10.6 Å². The number of halogens is 3. The van der Waals surface area contributed by atoms with Crippen LogP contribution in [0.1, 0.15) is 5.69 Å². The van der Waals surface area contributed by atoms with Crippen LogP contribution < -0.4 is 0 Å². The van der Waals surface area contributed by atoms with Crippen molar-refractivity contribution in [1.29, 1.82) is 0 Å². The van der Waals surface area contributed by atoms with Gasteiger partial charge in [0.2, 0.25) is 5.89 Å². The highest BCUT2D eigenvalue weighted by molar-refractivity contribution is 7.98. The van der Waals surface area contributed by atoms with Crippen LogP contribution in [0.4, 0.5) is 13.2 Å². The number of thioether (sulfide) groups is 1. The first-order valence-corrected chi connectivity index (χ1v) is 7.31. The molecule has 1 N–H and O–H groups in total. The molecule has 0 bridgehead atoms. The third-order valence-corrected chi connectivity index (χ3v) is 4.10. The van der Waals surface area contributed by atoms with E-state index < -0.39 is 18.0 Å². The SMILES string of the molecule is O[C@H](CSCc1coc(-c2cccs2)n1)C(F)(F)F. The molecule has 8 heteroatoms. The van der Waals surface area contributed by atoms with E-state index in [1.807, 2.05) is 17.5 Å². The van der Waals surface area contributed by atoms with Gasteiger partial charge in [-0.2, -0.15) is 24.9 Å². The van der Waals surface area contributed by atoms with Crippen LogP contribution in [0.2, 0.25) is 0 Å². The molecule has 0 unspecified atom stereocenters. The van der Waals surface area contributed by atoms with E-state index in [2.05, 4.69) is 4.98 Å². The van der Waals surface area contributed by atoms with Crippen LogP contribution in [-0.4, -0.2) is 28.1 Å². The van der Waals surface area contributed by atoms with Crippen molar-refractivity contribution in [2.45, 2.75) is 18.0 Å². The molecule has 2 aromatic rings. The molecular weight excluding hydrogens is 299 g/mol. The number of hydrogen-bond donors (Lipinski definition) is 1. The highest BCUT2D eigenvalue weighted by Gasteiger charge is 2.37. The topological polar surface area (TPSA) is 46.3 Å². The number of aliphatic hydroxyl groups excluding tert-OH is 1. The molecule has 104 valence electrons. The highest BCUT2D eigenvalue weighted by atomic mass is 32.2. The van der Waals surface area contributed by atoms with Gasteiger partial charge in [-0.15, -0.1) is 11.3 Å². The summed E-state index contributed by atoms with van der Waals surface area (Å²) >= 11 is 2.43. The Labute approximate surface area is 115 Å². The predicted molar refractivity (Wildman–Crippen MR) is 68.0 cm³/mol. The normalized spacial score (nSPS) is 13.7. The van der Waals surface area contributed by atoms with Crippen molar-refractivity contribution in [3.05, 3.63) is 29.5 Å². The van der Waals surface area contributed by atoms with E-state index in [9.17, 15) is 13.2 Å². The minimum absolute atomic E-state index is 0.266. The van der Waals surface area contributed by atoms with E-state index in [4.69, 9.17) is 9.52 Å². The summed E-state index contributed by atoms with van der Waals surface area (Å²) in [5, 5.41) is 10.7. The van der Waals surface area contributed by atoms with Gasteiger partial charge in [-0.05, 0) is 11.4 Å². The second-order valence-electron chi connectivity index (χ2n) is 3.69. The van der Waals surface area contributed by atoms with Crippen LogP contribution in [0.5, 0.6) is 0 Å². The largest absolute Gasteiger partial charge is 0.444 e. The van der Waals surface area contributed by atoms with Crippen molar-refractivity contribution in [2.24, 2.45) is 0 Å². The van der Waals surface area contributed by atoms with Crippen molar-refractivity contribution in [3.8, 4) is 10.8 Å². The van der Waals surface area contributed by atoms with E-state index in [1.165, 1.54) is 17.6 Å². The monoisotopic (exact) mass is 309 g/mol. The number of nitrogens with zero attached hydrogens (tertiary/aromatic N) is 1. The number of aliphatic hydroxyl groups is 1. The van der Waals surface area contributed by atoms with Crippen LogP contribution in [0.3, 0.4) is 0 Å². The Kier molecular flexibility index (Phi) is 4.54. The third kappa shape index (κ3) is 3.99. The molecule has 0 radical (unpaired) electrons. The molecule has 0 spiro atoms. The van der Waals surface area contributed by atoms with E-state index in [0.717, 1.165) is 16.6 Å². The molecule has 0 aromatic carbocycles. The molecule has 2 heterocycles. The standard InChI is InChI=1S/C11H10F3NO2S2/c12-11(13,14)9(16)6-18-5-7-4-17-10(15-7)8-2-1-3-19-8/h1-4,9,16H,5-6H2/t9-/m1/s1. The second-order valence-corrected chi connectivity index (χ2v) is 5.67. The lowest BCUT2D eigenvalue weighted by molar-refractivity contribution is -0.195. The Morgan fingerprint density at radius 3 is 2.89 bits per heavy atom. The molecule has 0 aliphatic carbocycles. The summed E-state index contributed by atoms with van der Waals surface area (Å²) < 4.78 is 41.4. The summed E-state index contributed by atoms with van der Waals surface area (Å²) in [4.78, 5) is 5.04. The first kappa shape index (κ1) is 14.4. The zero-order chi connectivity index (χ0) is 13.9. The number of thiophene rings is 1. The van der Waals surface area contributed by atoms with Crippen molar-refractivity contribution in [1.82, 2.24) is 4.98 Å². The Hall–Kier alpha value is -0.990. The molecule has 2 rings (SSSR count). The van der Waals surface area contributed by atoms with Crippen molar-refractivity contribution in [2.75, 3.05) is 5.75 Å². The maximum Gasteiger partial charge on any atom is 0.415 e. The predicted octanol–water partition coefficient (Wildman–Crippen LogP) is 3.56. The van der Waals surface area contributed by atoms with Gasteiger partial charge in [0.15, 0.2) is 6.10 Å². The number of oxazole rings is 1. The van der Waals surface area contributed by atoms with Gasteiger partial charge >= 0.3 is 6.18 Å². The first-order chi connectivity index (χ1) is 8.97. The maximum atomic E-state index is 12.1. The number of alkyl halides is 3. The Morgan fingerprint density at radius 2 is 2.26 bits per heavy atom. The lowest BCUT2D eigenvalue weighted by Crippen LogP contribution is -2.30. The van der Waals surface area contributed by atoms with Gasteiger partial charge in [-0.1, -0.05) is 6.07 Å². The third-order valence-electron chi connectivity index (χ3n) is 2.19. The van der Waals surface area contributed by atoms with E-state index in [0.29, 0.717) is 11.6 Å². The fourth-order valence-electron chi connectivity index (χ4n) is 1.26. The van der Waals surface area contributed by atoms with Crippen LogP contribution in [-0.2, 0) is 5.75 Å². The van der Waals surface area contributed by atoms with Crippen LogP contribution in [0.15, 0.2) is 28.2 Å². The summed E-state index contributed by atoms with van der Waals surface area (Å²) in [6, 6.07) is 3.71. The number of hydrogen-bond acceptors (Lipinski definition) is 5. The second kappa shape index (κ2) is 5.98. The van der Waals surface area contributed by atoms with Gasteiger partial charge in [0, 0.05) is 11.5 Å². The van der Waals surface area contributed by atoms with Gasteiger partial charge in [-0.3, -0.25) is 0 Å². The van der Waals surface area contributed by atoms with Gasteiger partial charge < -0.3 is 9.52 Å². The fourth-order valence-corrected chi connectivity index (χ4v) is 2.78. The molecule has 0 amide bonds. The Morgan fingerprint density at radius 1 is 1.47 bits per heavy atom. The average Bonchev–Trinajstić information content (AvgIpc) is 2.97. The molecule has 0 aliphatic heterocycles. The molecular formula is C11H10F3NO2S2. The maximum absolute atomic E-state index is 12.1. The van der Waals surface area contributed by atoms with Gasteiger partial charge in [0.1, 0.15) is 6.26 Å². The zero-order valence-corrected chi connectivity index (χ0v) is 11.2. The molecule has 0 aliphatic rings. The summed E-state index contributed by atoms with van der Waals surface area (Å²) in [6.07, 6.45) is -5.46. The van der Waals surface area contributed by atoms with Crippen molar-refractivity contribution >= 4 is 23.1 Å². The van der Waals surface area contributed by atoms with Gasteiger partial charge in [0.25, 0.3) is 0 Å². The van der Waals surface area contributed by atoms with E-state index >= 15 is 0 Å². The lowest BCUT2D eigenvalue weighted by atomic mass is 10.4. The molecule has 0 saturated carbocycles. The number of rotatable bonds is 5. The van der Waals surface area contributed by atoms with Crippen molar-refractivity contribution < 1.29 is 22.7 Å². The summed E-state index contributed by atoms with van der Waals surface area (Å²) in [6.45, 7) is 0. The number of aromatic nitrogens is 1. The molecule has 19 heavy (non-hydrogen) atoms. The zero-order valence-electron chi connectivity index (χ0n) is 9.55. The first-order valence-electron chi connectivity index (χ1n) is 5.27. The smallest absolute Gasteiger partial charge is 0.415 e. The quantitative estimate of drug-likeness (QED) is 0.917. The fraction of sp³-hybridized carbons (Fsp3) is 0.364. The van der Waals surface area contributed by atoms with Crippen LogP contribution in [0, 0.1) is 0 Å². The molecule has 1 atom stereocenters. The average molecular weight is 309 g/mol. The van der Waals surface area contributed by atoms with Crippen LogP contribution in [0.25, 0.3) is 10.8 Å². The van der Waals surface area contributed by atoms with Crippen molar-refractivity contribution in [3.63, 3.8) is 0 Å². The highest BCUT2D eigenvalue weighted by Crippen LogP contribution is 2.27.